The normalized spacial score (nSPS) is 12.4. The van der Waals surface area contributed by atoms with Gasteiger partial charge in [-0.2, -0.15) is 0 Å². The number of nitrogens with one attached hydrogen (secondary N) is 1. The van der Waals surface area contributed by atoms with Gasteiger partial charge in [0.25, 0.3) is 0 Å². The van der Waals surface area contributed by atoms with Gasteiger partial charge in [0.1, 0.15) is 0 Å². The Morgan fingerprint density at radius 3 is 2.35 bits per heavy atom. The van der Waals surface area contributed by atoms with Gasteiger partial charge >= 0.3 is 0 Å². The molecule has 0 saturated heterocycles. The van der Waals surface area contributed by atoms with Crippen molar-refractivity contribution in [1.82, 2.24) is 10.3 Å². The van der Waals surface area contributed by atoms with Crippen LogP contribution in [0.3, 0.4) is 0 Å². The first-order chi connectivity index (χ1) is 9.63. The number of nitrogens with zero attached hydrogens (tertiary/aromatic N) is 1. The van der Waals surface area contributed by atoms with E-state index in [1.54, 1.807) is 0 Å². The summed E-state index contributed by atoms with van der Waals surface area (Å²) in [5.41, 5.74) is 6.79. The number of rotatable bonds is 5. The maximum Gasteiger partial charge on any atom is 0.0378 e. The van der Waals surface area contributed by atoms with Crippen molar-refractivity contribution in [3.05, 3.63) is 64.5 Å². The third kappa shape index (κ3) is 3.26. The van der Waals surface area contributed by atoms with Crippen LogP contribution in [0.2, 0.25) is 0 Å². The van der Waals surface area contributed by atoms with Crippen LogP contribution in [-0.4, -0.2) is 11.5 Å². The van der Waals surface area contributed by atoms with E-state index in [2.05, 4.69) is 62.3 Å². The number of benzene rings is 1. The predicted octanol–water partition coefficient (Wildman–Crippen LogP) is 3.90. The van der Waals surface area contributed by atoms with Crippen LogP contribution < -0.4 is 5.32 Å². The topological polar surface area (TPSA) is 24.9 Å². The van der Waals surface area contributed by atoms with Crippen LogP contribution in [0.25, 0.3) is 0 Å². The summed E-state index contributed by atoms with van der Waals surface area (Å²) in [6.45, 7) is 9.67. The fourth-order valence-electron chi connectivity index (χ4n) is 2.75. The van der Waals surface area contributed by atoms with Gasteiger partial charge in [-0.3, -0.25) is 4.98 Å². The largest absolute Gasteiger partial charge is 0.310 e. The highest BCUT2D eigenvalue weighted by Crippen LogP contribution is 2.24. The average molecular weight is 268 g/mol. The summed E-state index contributed by atoms with van der Waals surface area (Å²) in [5.74, 6) is 0. The molecule has 1 heterocycles. The molecule has 0 radical (unpaired) electrons. The Hall–Kier alpha value is -1.67. The maximum absolute atomic E-state index is 4.30. The number of aromatic nitrogens is 1. The Balaban J connectivity index is 2.33. The smallest absolute Gasteiger partial charge is 0.0378 e. The van der Waals surface area contributed by atoms with Gasteiger partial charge in [0.2, 0.25) is 0 Å². The van der Waals surface area contributed by atoms with Gasteiger partial charge in [-0.1, -0.05) is 25.1 Å². The third-order valence-electron chi connectivity index (χ3n) is 3.96. The molecule has 1 N–H and O–H groups in total. The molecule has 2 aromatic rings. The summed E-state index contributed by atoms with van der Waals surface area (Å²) in [6.07, 6.45) is 4.87. The summed E-state index contributed by atoms with van der Waals surface area (Å²) in [7, 11) is 0. The number of hydrogen-bond donors (Lipinski definition) is 1. The van der Waals surface area contributed by atoms with Gasteiger partial charge in [0, 0.05) is 18.4 Å². The van der Waals surface area contributed by atoms with Crippen LogP contribution in [-0.2, 0) is 6.42 Å². The monoisotopic (exact) mass is 268 g/mol. The van der Waals surface area contributed by atoms with Crippen LogP contribution in [0.1, 0.15) is 40.8 Å². The first-order valence-corrected chi connectivity index (χ1v) is 7.32. The van der Waals surface area contributed by atoms with E-state index in [1.807, 2.05) is 12.4 Å². The molecule has 2 nitrogen and oxygen atoms in total. The van der Waals surface area contributed by atoms with Crippen molar-refractivity contribution in [1.29, 1.82) is 0 Å². The van der Waals surface area contributed by atoms with Crippen molar-refractivity contribution in [3.63, 3.8) is 0 Å². The Morgan fingerprint density at radius 1 is 1.05 bits per heavy atom. The molecule has 0 amide bonds. The van der Waals surface area contributed by atoms with Gasteiger partial charge in [-0.05, 0) is 67.6 Å². The highest BCUT2D eigenvalue weighted by molar-refractivity contribution is 5.36. The van der Waals surface area contributed by atoms with E-state index in [4.69, 9.17) is 0 Å². The summed E-state index contributed by atoms with van der Waals surface area (Å²) < 4.78 is 0. The molecular formula is C18H24N2. The summed E-state index contributed by atoms with van der Waals surface area (Å²) in [6, 6.07) is 8.94. The first-order valence-electron chi connectivity index (χ1n) is 7.32. The van der Waals surface area contributed by atoms with Crippen molar-refractivity contribution >= 4 is 0 Å². The average Bonchev–Trinajstić information content (AvgIpc) is 2.43. The van der Waals surface area contributed by atoms with Crippen LogP contribution in [0.5, 0.6) is 0 Å². The van der Waals surface area contributed by atoms with Gasteiger partial charge < -0.3 is 5.32 Å². The Bertz CT molecular complexity index is 555. The van der Waals surface area contributed by atoms with Crippen LogP contribution in [0.4, 0.5) is 0 Å². The minimum absolute atomic E-state index is 0.327. The van der Waals surface area contributed by atoms with Gasteiger partial charge in [0.15, 0.2) is 0 Å². The molecule has 106 valence electrons. The van der Waals surface area contributed by atoms with E-state index in [9.17, 15) is 0 Å². The lowest BCUT2D eigenvalue weighted by atomic mass is 9.92. The number of hydrogen-bond acceptors (Lipinski definition) is 2. The second-order valence-electron chi connectivity index (χ2n) is 5.42. The molecule has 0 aliphatic carbocycles. The highest BCUT2D eigenvalue weighted by atomic mass is 14.9. The summed E-state index contributed by atoms with van der Waals surface area (Å²) >= 11 is 0. The van der Waals surface area contributed by atoms with Crippen LogP contribution >= 0.6 is 0 Å². The first kappa shape index (κ1) is 14.7. The second-order valence-corrected chi connectivity index (χ2v) is 5.42. The molecule has 1 atom stereocenters. The molecule has 0 aliphatic rings. The van der Waals surface area contributed by atoms with E-state index in [1.165, 1.54) is 27.8 Å². The van der Waals surface area contributed by atoms with E-state index in [-0.39, 0.29) is 0 Å². The predicted molar refractivity (Wildman–Crippen MR) is 85.0 cm³/mol. The molecule has 0 bridgehead atoms. The number of pyridine rings is 1. The summed E-state index contributed by atoms with van der Waals surface area (Å²) in [4.78, 5) is 4.30. The van der Waals surface area contributed by atoms with E-state index < -0.39 is 0 Å². The molecule has 1 unspecified atom stereocenters. The number of aryl methyl sites for hydroxylation is 3. The minimum Gasteiger partial charge on any atom is -0.310 e. The highest BCUT2D eigenvalue weighted by Gasteiger charge is 2.15. The molecule has 0 saturated carbocycles. The Kier molecular flexibility index (Phi) is 4.91. The lowest BCUT2D eigenvalue weighted by Gasteiger charge is -2.22. The van der Waals surface area contributed by atoms with E-state index in [0.29, 0.717) is 6.04 Å². The number of likely N-dealkylation sites (N-methyl/N-ethyl adjacent to an activating group) is 1. The fourth-order valence-corrected chi connectivity index (χ4v) is 2.75. The van der Waals surface area contributed by atoms with Crippen LogP contribution in [0, 0.1) is 20.8 Å². The van der Waals surface area contributed by atoms with Crippen molar-refractivity contribution in [2.24, 2.45) is 0 Å². The van der Waals surface area contributed by atoms with Gasteiger partial charge in [-0.15, -0.1) is 0 Å². The molecule has 0 spiro atoms. The van der Waals surface area contributed by atoms with E-state index >= 15 is 0 Å². The lowest BCUT2D eigenvalue weighted by molar-refractivity contribution is 0.543. The Labute approximate surface area is 122 Å². The maximum atomic E-state index is 4.30. The SMILES string of the molecule is CCNC(Cc1c(C)cccc1C)c1cnccc1C. The quantitative estimate of drug-likeness (QED) is 0.889. The standard InChI is InChI=1S/C18H24N2/c1-5-20-18(17-12-19-10-9-15(17)4)11-16-13(2)7-6-8-14(16)3/h6-10,12,18,20H,5,11H2,1-4H3. The zero-order valence-corrected chi connectivity index (χ0v) is 12.9. The summed E-state index contributed by atoms with van der Waals surface area (Å²) in [5, 5.41) is 3.60. The zero-order valence-electron chi connectivity index (χ0n) is 12.9. The molecule has 20 heavy (non-hydrogen) atoms. The van der Waals surface area contributed by atoms with Gasteiger partial charge in [-0.25, -0.2) is 0 Å². The fraction of sp³-hybridized carbons (Fsp3) is 0.389. The Morgan fingerprint density at radius 2 is 1.75 bits per heavy atom. The molecule has 1 aromatic heterocycles. The zero-order chi connectivity index (χ0) is 14.5. The molecule has 2 heteroatoms. The third-order valence-corrected chi connectivity index (χ3v) is 3.96. The molecule has 0 aliphatic heterocycles. The van der Waals surface area contributed by atoms with E-state index in [0.717, 1.165) is 13.0 Å². The van der Waals surface area contributed by atoms with Crippen molar-refractivity contribution in [2.75, 3.05) is 6.54 Å². The van der Waals surface area contributed by atoms with Crippen molar-refractivity contribution in [2.45, 2.75) is 40.2 Å². The molecular weight excluding hydrogens is 244 g/mol. The van der Waals surface area contributed by atoms with Gasteiger partial charge in [0.05, 0.1) is 0 Å². The molecule has 1 aromatic carbocycles. The molecule has 2 rings (SSSR count). The molecule has 0 fully saturated rings. The lowest BCUT2D eigenvalue weighted by Crippen LogP contribution is -2.24. The van der Waals surface area contributed by atoms with Crippen molar-refractivity contribution < 1.29 is 0 Å². The second kappa shape index (κ2) is 6.67. The van der Waals surface area contributed by atoms with Crippen molar-refractivity contribution in [3.8, 4) is 0 Å². The van der Waals surface area contributed by atoms with Crippen LogP contribution in [0.15, 0.2) is 36.7 Å². The minimum atomic E-state index is 0.327.